The minimum atomic E-state index is -0.466. The van der Waals surface area contributed by atoms with Gasteiger partial charge in [0.05, 0.1) is 17.7 Å². The smallest absolute Gasteiger partial charge is 0.181 e. The van der Waals surface area contributed by atoms with E-state index in [0.717, 1.165) is 0 Å². The standard InChI is InChI=1S/C14H11ClFN3O/c1-20-10-6-3-7-19-13(17)12(18-14(10)19)11-8(15)4-2-5-9(11)16/h2-7H,17H2,1H3. The van der Waals surface area contributed by atoms with Gasteiger partial charge in [-0.25, -0.2) is 9.37 Å². The Kier molecular flexibility index (Phi) is 2.99. The summed E-state index contributed by atoms with van der Waals surface area (Å²) >= 11 is 6.06. The number of aromatic nitrogens is 2. The van der Waals surface area contributed by atoms with Gasteiger partial charge < -0.3 is 10.5 Å². The topological polar surface area (TPSA) is 52.5 Å². The van der Waals surface area contributed by atoms with E-state index in [0.29, 0.717) is 22.9 Å². The molecule has 0 saturated heterocycles. The fourth-order valence-electron chi connectivity index (χ4n) is 2.13. The Morgan fingerprint density at radius 3 is 2.80 bits per heavy atom. The molecule has 0 spiro atoms. The number of imidazole rings is 1. The minimum Gasteiger partial charge on any atom is -0.493 e. The van der Waals surface area contributed by atoms with Crippen molar-refractivity contribution in [2.75, 3.05) is 12.8 Å². The molecule has 0 aliphatic rings. The van der Waals surface area contributed by atoms with E-state index in [-0.39, 0.29) is 10.6 Å². The van der Waals surface area contributed by atoms with E-state index < -0.39 is 5.82 Å². The maximum absolute atomic E-state index is 14.0. The molecular formula is C14H11ClFN3O. The molecule has 0 saturated carbocycles. The van der Waals surface area contributed by atoms with E-state index in [1.807, 2.05) is 0 Å². The van der Waals surface area contributed by atoms with Gasteiger partial charge in [-0.2, -0.15) is 0 Å². The van der Waals surface area contributed by atoms with Crippen LogP contribution < -0.4 is 10.5 Å². The molecule has 4 nitrogen and oxygen atoms in total. The third kappa shape index (κ3) is 1.78. The van der Waals surface area contributed by atoms with Crippen LogP contribution in [0, 0.1) is 5.82 Å². The number of hydrogen-bond donors (Lipinski definition) is 1. The number of anilines is 1. The second-order valence-corrected chi connectivity index (χ2v) is 4.62. The average Bonchev–Trinajstić information content (AvgIpc) is 2.76. The van der Waals surface area contributed by atoms with E-state index >= 15 is 0 Å². The Bertz CT molecular complexity index is 780. The van der Waals surface area contributed by atoms with Crippen LogP contribution in [-0.2, 0) is 0 Å². The Hall–Kier alpha value is -2.27. The third-order valence-electron chi connectivity index (χ3n) is 3.07. The summed E-state index contributed by atoms with van der Waals surface area (Å²) in [5, 5.41) is 0.263. The van der Waals surface area contributed by atoms with Crippen molar-refractivity contribution < 1.29 is 9.13 Å². The molecule has 0 atom stereocenters. The average molecular weight is 292 g/mol. The van der Waals surface area contributed by atoms with Crippen molar-refractivity contribution in [3.05, 3.63) is 47.4 Å². The fourth-order valence-corrected chi connectivity index (χ4v) is 2.38. The van der Waals surface area contributed by atoms with Crippen LogP contribution in [0.25, 0.3) is 16.9 Å². The van der Waals surface area contributed by atoms with Gasteiger partial charge in [-0.05, 0) is 24.3 Å². The zero-order chi connectivity index (χ0) is 14.3. The van der Waals surface area contributed by atoms with Crippen molar-refractivity contribution in [3.8, 4) is 17.0 Å². The fraction of sp³-hybridized carbons (Fsp3) is 0.0714. The minimum absolute atomic E-state index is 0.192. The number of rotatable bonds is 2. The molecule has 0 unspecified atom stereocenters. The largest absolute Gasteiger partial charge is 0.493 e. The summed E-state index contributed by atoms with van der Waals surface area (Å²) in [4.78, 5) is 4.36. The van der Waals surface area contributed by atoms with Gasteiger partial charge in [-0.1, -0.05) is 17.7 Å². The van der Waals surface area contributed by atoms with Gasteiger partial charge in [0.1, 0.15) is 17.3 Å². The van der Waals surface area contributed by atoms with E-state index in [9.17, 15) is 4.39 Å². The van der Waals surface area contributed by atoms with Crippen LogP contribution in [-0.4, -0.2) is 16.5 Å². The van der Waals surface area contributed by atoms with E-state index in [1.165, 1.54) is 19.2 Å². The van der Waals surface area contributed by atoms with Crippen LogP contribution in [0.2, 0.25) is 5.02 Å². The number of nitrogens with zero attached hydrogens (tertiary/aromatic N) is 2. The number of pyridine rings is 1. The van der Waals surface area contributed by atoms with Crippen molar-refractivity contribution in [1.82, 2.24) is 9.38 Å². The second-order valence-electron chi connectivity index (χ2n) is 4.21. The number of nitrogen functional groups attached to an aromatic ring is 1. The molecule has 3 rings (SSSR count). The molecule has 2 heterocycles. The van der Waals surface area contributed by atoms with Crippen molar-refractivity contribution >= 4 is 23.1 Å². The monoisotopic (exact) mass is 291 g/mol. The van der Waals surface area contributed by atoms with Gasteiger partial charge in [0.15, 0.2) is 11.4 Å². The van der Waals surface area contributed by atoms with Crippen LogP contribution in [0.4, 0.5) is 10.2 Å². The van der Waals surface area contributed by atoms with Gasteiger partial charge in [0, 0.05) is 6.20 Å². The highest BCUT2D eigenvalue weighted by molar-refractivity contribution is 6.33. The maximum atomic E-state index is 14.0. The van der Waals surface area contributed by atoms with Crippen molar-refractivity contribution in [2.45, 2.75) is 0 Å². The number of methoxy groups -OCH3 is 1. The first kappa shape index (κ1) is 12.7. The van der Waals surface area contributed by atoms with Gasteiger partial charge in [-0.15, -0.1) is 0 Å². The summed E-state index contributed by atoms with van der Waals surface area (Å²) in [6.45, 7) is 0. The number of hydrogen-bond acceptors (Lipinski definition) is 3. The summed E-state index contributed by atoms with van der Waals surface area (Å²) in [5.41, 5.74) is 7.06. The lowest BCUT2D eigenvalue weighted by atomic mass is 10.1. The number of fused-ring (bicyclic) bond motifs is 1. The van der Waals surface area contributed by atoms with Crippen molar-refractivity contribution in [1.29, 1.82) is 0 Å². The van der Waals surface area contributed by atoms with Gasteiger partial charge >= 0.3 is 0 Å². The molecule has 3 aromatic rings. The number of ether oxygens (including phenoxy) is 1. The normalized spacial score (nSPS) is 10.9. The zero-order valence-corrected chi connectivity index (χ0v) is 11.4. The van der Waals surface area contributed by atoms with Crippen LogP contribution in [0.1, 0.15) is 0 Å². The summed E-state index contributed by atoms with van der Waals surface area (Å²) in [6, 6.07) is 7.99. The quantitative estimate of drug-likeness (QED) is 0.787. The number of halogens is 2. The predicted octanol–water partition coefficient (Wildman–Crippen LogP) is 3.38. The molecule has 0 fully saturated rings. The highest BCUT2D eigenvalue weighted by Crippen LogP contribution is 2.35. The molecule has 1 aromatic carbocycles. The Morgan fingerprint density at radius 1 is 1.30 bits per heavy atom. The molecule has 2 N–H and O–H groups in total. The lowest BCUT2D eigenvalue weighted by Gasteiger charge is -2.03. The molecule has 102 valence electrons. The molecule has 0 amide bonds. The molecule has 2 aromatic heterocycles. The first-order valence-electron chi connectivity index (χ1n) is 5.88. The summed E-state index contributed by atoms with van der Waals surface area (Å²) in [5.74, 6) is 0.399. The summed E-state index contributed by atoms with van der Waals surface area (Å²) in [7, 11) is 1.54. The molecule has 0 bridgehead atoms. The van der Waals surface area contributed by atoms with E-state index in [1.54, 1.807) is 28.8 Å². The Morgan fingerprint density at radius 2 is 2.10 bits per heavy atom. The lowest BCUT2D eigenvalue weighted by molar-refractivity contribution is 0.417. The van der Waals surface area contributed by atoms with E-state index in [2.05, 4.69) is 4.98 Å². The molecule has 0 aliphatic heterocycles. The van der Waals surface area contributed by atoms with Crippen molar-refractivity contribution in [3.63, 3.8) is 0 Å². The van der Waals surface area contributed by atoms with Gasteiger partial charge in [-0.3, -0.25) is 4.40 Å². The van der Waals surface area contributed by atoms with Crippen LogP contribution in [0.3, 0.4) is 0 Å². The molecule has 6 heteroatoms. The highest BCUT2D eigenvalue weighted by atomic mass is 35.5. The van der Waals surface area contributed by atoms with Crippen molar-refractivity contribution in [2.24, 2.45) is 0 Å². The third-order valence-corrected chi connectivity index (χ3v) is 3.39. The van der Waals surface area contributed by atoms with Crippen LogP contribution in [0.15, 0.2) is 36.5 Å². The second kappa shape index (κ2) is 4.68. The summed E-state index contributed by atoms with van der Waals surface area (Å²) in [6.07, 6.45) is 1.73. The van der Waals surface area contributed by atoms with Crippen LogP contribution in [0.5, 0.6) is 5.75 Å². The Balaban J connectivity index is 2.36. The lowest BCUT2D eigenvalue weighted by Crippen LogP contribution is -1.96. The highest BCUT2D eigenvalue weighted by Gasteiger charge is 2.19. The first-order chi connectivity index (χ1) is 9.63. The number of nitrogens with two attached hydrogens (primary N) is 1. The molecule has 0 radical (unpaired) electrons. The Labute approximate surface area is 119 Å². The van der Waals surface area contributed by atoms with Gasteiger partial charge in [0.25, 0.3) is 0 Å². The first-order valence-corrected chi connectivity index (χ1v) is 6.26. The SMILES string of the molecule is COc1cccn2c(N)c(-c3c(F)cccc3Cl)nc12. The maximum Gasteiger partial charge on any atom is 0.181 e. The van der Waals surface area contributed by atoms with Gasteiger partial charge in [0.2, 0.25) is 0 Å². The molecular weight excluding hydrogens is 281 g/mol. The zero-order valence-electron chi connectivity index (χ0n) is 10.6. The molecule has 20 heavy (non-hydrogen) atoms. The van der Waals surface area contributed by atoms with Crippen LogP contribution >= 0.6 is 11.6 Å². The van der Waals surface area contributed by atoms with E-state index in [4.69, 9.17) is 22.1 Å². The molecule has 0 aliphatic carbocycles. The predicted molar refractivity (Wildman–Crippen MR) is 76.6 cm³/mol. The number of benzene rings is 1. The summed E-state index contributed by atoms with van der Waals surface area (Å²) < 4.78 is 20.9.